The lowest BCUT2D eigenvalue weighted by atomic mass is 10.0. The van der Waals surface area contributed by atoms with E-state index in [-0.39, 0.29) is 11.8 Å². The van der Waals surface area contributed by atoms with Crippen molar-refractivity contribution in [2.75, 3.05) is 7.11 Å². The Bertz CT molecular complexity index is 511. The van der Waals surface area contributed by atoms with E-state index in [4.69, 9.17) is 0 Å². The third kappa shape index (κ3) is 3.31. The van der Waals surface area contributed by atoms with Gasteiger partial charge in [0.2, 0.25) is 0 Å². The minimum atomic E-state index is -0.325. The van der Waals surface area contributed by atoms with Crippen molar-refractivity contribution in [1.29, 1.82) is 0 Å². The van der Waals surface area contributed by atoms with Crippen LogP contribution in [0.4, 0.5) is 0 Å². The van der Waals surface area contributed by atoms with Gasteiger partial charge in [-0.15, -0.1) is 0 Å². The molecule has 0 aliphatic heterocycles. The van der Waals surface area contributed by atoms with Crippen molar-refractivity contribution in [3.8, 4) is 0 Å². The second-order valence-corrected chi connectivity index (χ2v) is 4.98. The van der Waals surface area contributed by atoms with Gasteiger partial charge in [0, 0.05) is 6.42 Å². The Balaban J connectivity index is 1.95. The van der Waals surface area contributed by atoms with Gasteiger partial charge in [-0.3, -0.25) is 4.79 Å². The van der Waals surface area contributed by atoms with Crippen LogP contribution in [0.25, 0.3) is 0 Å². The molecule has 1 atom stereocenters. The molecule has 0 aromatic heterocycles. The van der Waals surface area contributed by atoms with Gasteiger partial charge < -0.3 is 4.74 Å². The van der Waals surface area contributed by atoms with Gasteiger partial charge in [0.1, 0.15) is 0 Å². The van der Waals surface area contributed by atoms with Gasteiger partial charge in [-0.25, -0.2) is 4.79 Å². The summed E-state index contributed by atoms with van der Waals surface area (Å²) in [5.41, 5.74) is 2.63. The lowest BCUT2D eigenvalue weighted by Crippen LogP contribution is -2.01. The molecule has 0 heterocycles. The summed E-state index contributed by atoms with van der Waals surface area (Å²) in [6.07, 6.45) is 4.33. The van der Waals surface area contributed by atoms with Crippen molar-refractivity contribution in [2.24, 2.45) is 5.92 Å². The summed E-state index contributed by atoms with van der Waals surface area (Å²) in [4.78, 5) is 23.0. The number of aryl methyl sites for hydroxylation is 1. The SMILES string of the molecule is COC(=O)c1ccc(CCC2=C[C@H](C)CC2=O)cc1. The Labute approximate surface area is 113 Å². The standard InChI is InChI=1S/C16H18O3/c1-11-9-14(15(17)10-11)8-5-12-3-6-13(7-4-12)16(18)19-2/h3-4,6-7,9,11H,5,8,10H2,1-2H3/t11-/m0/s1. The zero-order chi connectivity index (χ0) is 13.8. The molecule has 0 N–H and O–H groups in total. The molecule has 3 nitrogen and oxygen atoms in total. The summed E-state index contributed by atoms with van der Waals surface area (Å²) in [6.45, 7) is 2.07. The number of hydrogen-bond acceptors (Lipinski definition) is 3. The van der Waals surface area contributed by atoms with Crippen LogP contribution in [0.5, 0.6) is 0 Å². The Hall–Kier alpha value is -1.90. The summed E-state index contributed by atoms with van der Waals surface area (Å²) >= 11 is 0. The fourth-order valence-corrected chi connectivity index (χ4v) is 2.35. The van der Waals surface area contributed by atoms with Gasteiger partial charge in [0.15, 0.2) is 5.78 Å². The summed E-state index contributed by atoms with van der Waals surface area (Å²) in [6, 6.07) is 7.34. The number of esters is 1. The lowest BCUT2D eigenvalue weighted by molar-refractivity contribution is -0.115. The molecule has 0 bridgehead atoms. The molecule has 19 heavy (non-hydrogen) atoms. The van der Waals surface area contributed by atoms with Crippen molar-refractivity contribution in [1.82, 2.24) is 0 Å². The molecule has 1 aromatic rings. The molecule has 3 heteroatoms. The van der Waals surface area contributed by atoms with Crippen LogP contribution in [0.3, 0.4) is 0 Å². The third-order valence-corrected chi connectivity index (χ3v) is 3.41. The number of carbonyl (C=O) groups excluding carboxylic acids is 2. The lowest BCUT2D eigenvalue weighted by Gasteiger charge is -2.03. The van der Waals surface area contributed by atoms with Crippen molar-refractivity contribution in [3.63, 3.8) is 0 Å². The average molecular weight is 258 g/mol. The molecule has 0 unspecified atom stereocenters. The quantitative estimate of drug-likeness (QED) is 0.780. The maximum absolute atomic E-state index is 11.7. The first-order valence-electron chi connectivity index (χ1n) is 6.51. The van der Waals surface area contributed by atoms with Crippen LogP contribution >= 0.6 is 0 Å². The number of allylic oxidation sites excluding steroid dienone is 2. The van der Waals surface area contributed by atoms with Crippen molar-refractivity contribution in [3.05, 3.63) is 47.0 Å². The van der Waals surface area contributed by atoms with Gasteiger partial charge in [-0.05, 0) is 42.0 Å². The van der Waals surface area contributed by atoms with Crippen molar-refractivity contribution < 1.29 is 14.3 Å². The van der Waals surface area contributed by atoms with E-state index in [9.17, 15) is 9.59 Å². The molecule has 0 radical (unpaired) electrons. The summed E-state index contributed by atoms with van der Waals surface area (Å²) in [7, 11) is 1.37. The zero-order valence-corrected chi connectivity index (χ0v) is 11.3. The van der Waals surface area contributed by atoms with Gasteiger partial charge in [-0.1, -0.05) is 25.1 Å². The number of benzene rings is 1. The van der Waals surface area contributed by atoms with Gasteiger partial charge >= 0.3 is 5.97 Å². The average Bonchev–Trinajstić information content (AvgIpc) is 2.74. The fraction of sp³-hybridized carbons (Fsp3) is 0.375. The first kappa shape index (κ1) is 13.5. The molecule has 0 saturated carbocycles. The number of methoxy groups -OCH3 is 1. The highest BCUT2D eigenvalue weighted by Gasteiger charge is 2.20. The Morgan fingerprint density at radius 1 is 1.26 bits per heavy atom. The van der Waals surface area contributed by atoms with Crippen LogP contribution in [0.2, 0.25) is 0 Å². The molecule has 1 aliphatic carbocycles. The van der Waals surface area contributed by atoms with E-state index in [1.54, 1.807) is 12.1 Å². The first-order chi connectivity index (χ1) is 9.10. The highest BCUT2D eigenvalue weighted by Crippen LogP contribution is 2.23. The maximum Gasteiger partial charge on any atom is 0.337 e. The van der Waals surface area contributed by atoms with Crippen LogP contribution in [0.1, 0.15) is 35.7 Å². The Kier molecular flexibility index (Phi) is 4.15. The van der Waals surface area contributed by atoms with Crippen LogP contribution in [0.15, 0.2) is 35.9 Å². The third-order valence-electron chi connectivity index (χ3n) is 3.41. The minimum Gasteiger partial charge on any atom is -0.465 e. The minimum absolute atomic E-state index is 0.277. The predicted molar refractivity (Wildman–Crippen MR) is 73.0 cm³/mol. The second kappa shape index (κ2) is 5.83. The molecule has 0 fully saturated rings. The highest BCUT2D eigenvalue weighted by molar-refractivity contribution is 5.97. The molecule has 0 spiro atoms. The topological polar surface area (TPSA) is 43.4 Å². The number of hydrogen-bond donors (Lipinski definition) is 0. The van der Waals surface area contributed by atoms with Crippen LogP contribution in [-0.4, -0.2) is 18.9 Å². The van der Waals surface area contributed by atoms with Crippen LogP contribution in [-0.2, 0) is 16.0 Å². The van der Waals surface area contributed by atoms with Crippen molar-refractivity contribution >= 4 is 11.8 Å². The Morgan fingerprint density at radius 2 is 1.95 bits per heavy atom. The van der Waals surface area contributed by atoms with E-state index >= 15 is 0 Å². The number of rotatable bonds is 4. The molecular formula is C16H18O3. The van der Waals surface area contributed by atoms with Crippen LogP contribution in [0, 0.1) is 5.92 Å². The summed E-state index contributed by atoms with van der Waals surface area (Å²) in [5.74, 6) is 0.330. The fourth-order valence-electron chi connectivity index (χ4n) is 2.35. The molecule has 1 aliphatic rings. The normalized spacial score (nSPS) is 18.3. The van der Waals surface area contributed by atoms with E-state index < -0.39 is 0 Å². The van der Waals surface area contributed by atoms with Gasteiger partial charge in [0.05, 0.1) is 12.7 Å². The first-order valence-corrected chi connectivity index (χ1v) is 6.51. The number of carbonyl (C=O) groups is 2. The predicted octanol–water partition coefficient (Wildman–Crippen LogP) is 2.94. The molecule has 0 amide bonds. The number of ketones is 1. The van der Waals surface area contributed by atoms with Gasteiger partial charge in [0.25, 0.3) is 0 Å². The Morgan fingerprint density at radius 3 is 2.47 bits per heavy atom. The van der Waals surface area contributed by atoms with E-state index in [0.717, 1.165) is 24.0 Å². The van der Waals surface area contributed by atoms with E-state index in [0.29, 0.717) is 17.9 Å². The number of Topliss-reactive ketones (excluding diaryl/α,β-unsaturated/α-hetero) is 1. The second-order valence-electron chi connectivity index (χ2n) is 4.98. The monoisotopic (exact) mass is 258 g/mol. The smallest absolute Gasteiger partial charge is 0.337 e. The molecule has 2 rings (SSSR count). The highest BCUT2D eigenvalue weighted by atomic mass is 16.5. The van der Waals surface area contributed by atoms with Crippen LogP contribution < -0.4 is 0 Å². The zero-order valence-electron chi connectivity index (χ0n) is 11.3. The van der Waals surface area contributed by atoms with Gasteiger partial charge in [-0.2, -0.15) is 0 Å². The van der Waals surface area contributed by atoms with E-state index in [1.807, 2.05) is 12.1 Å². The van der Waals surface area contributed by atoms with E-state index in [2.05, 4.69) is 17.7 Å². The number of ether oxygens (including phenoxy) is 1. The molecule has 1 aromatic carbocycles. The van der Waals surface area contributed by atoms with E-state index in [1.165, 1.54) is 7.11 Å². The summed E-state index contributed by atoms with van der Waals surface area (Å²) < 4.78 is 4.65. The molecule has 100 valence electrons. The molecule has 0 saturated heterocycles. The maximum atomic E-state index is 11.7. The molecular weight excluding hydrogens is 240 g/mol. The largest absolute Gasteiger partial charge is 0.465 e. The summed E-state index contributed by atoms with van der Waals surface area (Å²) in [5, 5.41) is 0. The van der Waals surface area contributed by atoms with Crippen molar-refractivity contribution in [2.45, 2.75) is 26.2 Å².